The summed E-state index contributed by atoms with van der Waals surface area (Å²) in [4.78, 5) is 0. The van der Waals surface area contributed by atoms with E-state index in [-0.39, 0.29) is 5.54 Å². The van der Waals surface area contributed by atoms with Crippen molar-refractivity contribution in [3.63, 3.8) is 0 Å². The molecule has 0 aliphatic heterocycles. The van der Waals surface area contributed by atoms with Gasteiger partial charge in [-0.15, -0.1) is 0 Å². The van der Waals surface area contributed by atoms with Gasteiger partial charge in [-0.25, -0.2) is 0 Å². The predicted molar refractivity (Wildman–Crippen MR) is 60.1 cm³/mol. The highest BCUT2D eigenvalue weighted by Gasteiger charge is 2.43. The maximum Gasteiger partial charge on any atom is 0.0304 e. The minimum atomic E-state index is 0.184. The van der Waals surface area contributed by atoms with Gasteiger partial charge in [0.1, 0.15) is 0 Å². The number of rotatable bonds is 3. The van der Waals surface area contributed by atoms with Crippen molar-refractivity contribution in [3.05, 3.63) is 0 Å². The zero-order valence-corrected chi connectivity index (χ0v) is 9.55. The largest absolute Gasteiger partial charge is 0.329 e. The van der Waals surface area contributed by atoms with Crippen LogP contribution in [0.4, 0.5) is 0 Å². The van der Waals surface area contributed by atoms with Crippen LogP contribution in [-0.4, -0.2) is 19.1 Å². The number of hydrogen-bond donors (Lipinski definition) is 2. The van der Waals surface area contributed by atoms with Crippen molar-refractivity contribution in [1.82, 2.24) is 5.32 Å². The Labute approximate surface area is 87.6 Å². The van der Waals surface area contributed by atoms with E-state index in [0.29, 0.717) is 0 Å². The predicted octanol–water partition coefficient (Wildman–Crippen LogP) is 1.75. The van der Waals surface area contributed by atoms with E-state index in [1.54, 1.807) is 0 Å². The summed E-state index contributed by atoms with van der Waals surface area (Å²) in [6.07, 6.45) is 7.27. The van der Waals surface area contributed by atoms with Crippen LogP contribution in [0.15, 0.2) is 0 Å². The first-order valence-electron chi connectivity index (χ1n) is 6.08. The monoisotopic (exact) mass is 196 g/mol. The number of nitrogens with two attached hydrogens (primary N) is 1. The van der Waals surface area contributed by atoms with Gasteiger partial charge < -0.3 is 11.1 Å². The number of fused-ring (bicyclic) bond motifs is 3. The molecular weight excluding hydrogens is 172 g/mol. The molecule has 0 saturated heterocycles. The first kappa shape index (κ1) is 10.4. The third-order valence-electron chi connectivity index (χ3n) is 4.86. The summed E-state index contributed by atoms with van der Waals surface area (Å²) >= 11 is 0. The summed E-state index contributed by atoms with van der Waals surface area (Å²) in [6.45, 7) is 3.08. The number of nitrogens with one attached hydrogen (secondary N) is 1. The van der Waals surface area contributed by atoms with E-state index < -0.39 is 0 Å². The average Bonchev–Trinajstić information content (AvgIpc) is 2.29. The van der Waals surface area contributed by atoms with Crippen LogP contribution < -0.4 is 11.1 Å². The van der Waals surface area contributed by atoms with Crippen molar-refractivity contribution >= 4 is 0 Å². The molecule has 0 amide bonds. The molecule has 14 heavy (non-hydrogen) atoms. The standard InChI is InChI=1S/C12H24N2/c1-12(8-13,14-2)11-7-9-3-5-10(11)6-4-9/h9-11,14H,3-8,13H2,1-2H3. The van der Waals surface area contributed by atoms with Crippen molar-refractivity contribution in [1.29, 1.82) is 0 Å². The Morgan fingerprint density at radius 2 is 1.93 bits per heavy atom. The van der Waals surface area contributed by atoms with Crippen molar-refractivity contribution in [3.8, 4) is 0 Å². The van der Waals surface area contributed by atoms with Gasteiger partial charge in [-0.1, -0.05) is 12.8 Å². The van der Waals surface area contributed by atoms with Crippen LogP contribution in [0.2, 0.25) is 0 Å². The Bertz CT molecular complexity index is 190. The molecule has 2 atom stereocenters. The van der Waals surface area contributed by atoms with Crippen LogP contribution in [-0.2, 0) is 0 Å². The van der Waals surface area contributed by atoms with Gasteiger partial charge in [0.15, 0.2) is 0 Å². The second-order valence-corrected chi connectivity index (χ2v) is 5.49. The molecule has 0 aromatic carbocycles. The maximum atomic E-state index is 5.92. The quantitative estimate of drug-likeness (QED) is 0.721. The highest BCUT2D eigenvalue weighted by Crippen LogP contribution is 2.48. The van der Waals surface area contributed by atoms with E-state index in [4.69, 9.17) is 5.73 Å². The summed E-state index contributed by atoms with van der Waals surface area (Å²) in [5, 5.41) is 3.46. The molecule has 3 N–H and O–H groups in total. The molecular formula is C12H24N2. The lowest BCUT2D eigenvalue weighted by Gasteiger charge is -2.50. The molecule has 2 heteroatoms. The molecule has 2 nitrogen and oxygen atoms in total. The minimum Gasteiger partial charge on any atom is -0.329 e. The molecule has 0 heterocycles. The zero-order chi connectivity index (χ0) is 10.2. The van der Waals surface area contributed by atoms with Crippen molar-refractivity contribution in [2.24, 2.45) is 23.5 Å². The van der Waals surface area contributed by atoms with Gasteiger partial charge >= 0.3 is 0 Å². The SMILES string of the molecule is CNC(C)(CN)C1CC2CCC1CC2. The third-order valence-corrected chi connectivity index (χ3v) is 4.86. The van der Waals surface area contributed by atoms with Gasteiger partial charge in [0.25, 0.3) is 0 Å². The van der Waals surface area contributed by atoms with Gasteiger partial charge in [0, 0.05) is 12.1 Å². The van der Waals surface area contributed by atoms with Crippen LogP contribution in [0.25, 0.3) is 0 Å². The first-order valence-corrected chi connectivity index (χ1v) is 6.08. The maximum absolute atomic E-state index is 5.92. The molecule has 0 radical (unpaired) electrons. The molecule has 3 aliphatic carbocycles. The molecule has 3 saturated carbocycles. The lowest BCUT2D eigenvalue weighted by Crippen LogP contribution is -2.57. The number of hydrogen-bond acceptors (Lipinski definition) is 2. The lowest BCUT2D eigenvalue weighted by molar-refractivity contribution is 0.0382. The van der Waals surface area contributed by atoms with Crippen molar-refractivity contribution < 1.29 is 0 Å². The van der Waals surface area contributed by atoms with Gasteiger partial charge in [0.05, 0.1) is 0 Å². The summed E-state index contributed by atoms with van der Waals surface area (Å²) < 4.78 is 0. The Morgan fingerprint density at radius 3 is 2.29 bits per heavy atom. The molecule has 2 bridgehead atoms. The minimum absolute atomic E-state index is 0.184. The Morgan fingerprint density at radius 1 is 1.29 bits per heavy atom. The van der Waals surface area contributed by atoms with E-state index in [9.17, 15) is 0 Å². The summed E-state index contributed by atoms with van der Waals surface area (Å²) in [7, 11) is 2.06. The summed E-state index contributed by atoms with van der Waals surface area (Å²) in [6, 6.07) is 0. The summed E-state index contributed by atoms with van der Waals surface area (Å²) in [5.41, 5.74) is 6.10. The topological polar surface area (TPSA) is 38.0 Å². The van der Waals surface area contributed by atoms with E-state index in [0.717, 1.165) is 24.3 Å². The molecule has 3 rings (SSSR count). The molecule has 3 fully saturated rings. The second-order valence-electron chi connectivity index (χ2n) is 5.49. The van der Waals surface area contributed by atoms with Gasteiger partial charge in [-0.2, -0.15) is 0 Å². The van der Waals surface area contributed by atoms with Crippen molar-refractivity contribution in [2.75, 3.05) is 13.6 Å². The summed E-state index contributed by atoms with van der Waals surface area (Å²) in [5.74, 6) is 2.77. The van der Waals surface area contributed by atoms with Gasteiger partial charge in [0.2, 0.25) is 0 Å². The molecule has 3 aliphatic rings. The smallest absolute Gasteiger partial charge is 0.0304 e. The third kappa shape index (κ3) is 1.59. The van der Waals surface area contributed by atoms with E-state index in [1.807, 2.05) is 0 Å². The molecule has 0 spiro atoms. The van der Waals surface area contributed by atoms with Gasteiger partial charge in [-0.05, 0) is 51.0 Å². The molecule has 2 unspecified atom stereocenters. The van der Waals surface area contributed by atoms with Crippen LogP contribution in [0.3, 0.4) is 0 Å². The van der Waals surface area contributed by atoms with Crippen LogP contribution in [0.5, 0.6) is 0 Å². The lowest BCUT2D eigenvalue weighted by atomic mass is 9.59. The highest BCUT2D eigenvalue weighted by molar-refractivity contribution is 4.99. The van der Waals surface area contributed by atoms with Crippen LogP contribution in [0.1, 0.15) is 39.0 Å². The highest BCUT2D eigenvalue weighted by atomic mass is 15.0. The zero-order valence-electron chi connectivity index (χ0n) is 9.55. The Kier molecular flexibility index (Phi) is 2.85. The van der Waals surface area contributed by atoms with Crippen molar-refractivity contribution in [2.45, 2.75) is 44.6 Å². The van der Waals surface area contributed by atoms with E-state index in [2.05, 4.69) is 19.3 Å². The number of likely N-dealkylation sites (N-methyl/N-ethyl adjacent to an activating group) is 1. The second kappa shape index (κ2) is 3.82. The molecule has 82 valence electrons. The fraction of sp³-hybridized carbons (Fsp3) is 1.00. The average molecular weight is 196 g/mol. The Hall–Kier alpha value is -0.0800. The fourth-order valence-corrected chi connectivity index (χ4v) is 3.60. The van der Waals surface area contributed by atoms with E-state index in [1.165, 1.54) is 32.1 Å². The molecule has 0 aromatic rings. The molecule has 0 aromatic heterocycles. The van der Waals surface area contributed by atoms with E-state index >= 15 is 0 Å². The van der Waals surface area contributed by atoms with Crippen LogP contribution in [0, 0.1) is 17.8 Å². The normalized spacial score (nSPS) is 40.9. The Balaban J connectivity index is 2.10. The van der Waals surface area contributed by atoms with Crippen LogP contribution >= 0.6 is 0 Å². The van der Waals surface area contributed by atoms with Gasteiger partial charge in [-0.3, -0.25) is 0 Å². The first-order chi connectivity index (χ1) is 6.69. The fourth-order valence-electron chi connectivity index (χ4n) is 3.60.